The number of alkyl halides is 6. The lowest BCUT2D eigenvalue weighted by atomic mass is 9.68. The molecule has 3 aromatic rings. The maximum Gasteiger partial charge on any atom is 0.416 e. The summed E-state index contributed by atoms with van der Waals surface area (Å²) in [5, 5.41) is 21.1. The zero-order chi connectivity index (χ0) is 36.0. The van der Waals surface area contributed by atoms with Crippen LogP contribution in [0, 0.1) is 5.41 Å². The number of benzene rings is 1. The van der Waals surface area contributed by atoms with Crippen molar-refractivity contribution in [3.8, 4) is 5.75 Å². The molecule has 7 nitrogen and oxygen atoms in total. The van der Waals surface area contributed by atoms with Gasteiger partial charge in [0.1, 0.15) is 6.61 Å². The maximum absolute atomic E-state index is 17.2. The first-order chi connectivity index (χ1) is 23.5. The van der Waals surface area contributed by atoms with Crippen LogP contribution >= 0.6 is 0 Å². The number of hydrogen-bond acceptors (Lipinski definition) is 7. The van der Waals surface area contributed by atoms with Gasteiger partial charge < -0.3 is 19.8 Å². The molecule has 3 heterocycles. The second-order valence-electron chi connectivity index (χ2n) is 15.0. The molecule has 6 rings (SSSR count). The van der Waals surface area contributed by atoms with Gasteiger partial charge in [-0.15, -0.1) is 0 Å². The van der Waals surface area contributed by atoms with E-state index in [1.54, 1.807) is 6.92 Å². The molecule has 1 aliphatic heterocycles. The maximum atomic E-state index is 17.2. The monoisotopic (exact) mass is 706 g/mol. The van der Waals surface area contributed by atoms with E-state index in [1.165, 1.54) is 12.4 Å². The highest BCUT2D eigenvalue weighted by Gasteiger charge is 2.44. The molecular weight excluding hydrogens is 662 g/mol. The predicted molar refractivity (Wildman–Crippen MR) is 175 cm³/mol. The van der Waals surface area contributed by atoms with Crippen LogP contribution in [0.15, 0.2) is 36.7 Å². The fourth-order valence-electron chi connectivity index (χ4n) is 7.83. The van der Waals surface area contributed by atoms with E-state index in [9.17, 15) is 32.2 Å². The van der Waals surface area contributed by atoms with Gasteiger partial charge in [-0.1, -0.05) is 26.0 Å². The van der Waals surface area contributed by atoms with Crippen LogP contribution in [0.25, 0.3) is 0 Å². The molecule has 0 bridgehead atoms. The molecule has 3 aliphatic rings. The van der Waals surface area contributed by atoms with Crippen LogP contribution in [0.1, 0.15) is 129 Å². The predicted octanol–water partition coefficient (Wildman–Crippen LogP) is 8.39. The van der Waals surface area contributed by atoms with Crippen molar-refractivity contribution in [2.24, 2.45) is 5.41 Å². The van der Waals surface area contributed by atoms with Crippen LogP contribution in [0.2, 0.25) is 0 Å². The van der Waals surface area contributed by atoms with Gasteiger partial charge in [0.05, 0.1) is 35.9 Å². The number of pyridine rings is 1. The summed E-state index contributed by atoms with van der Waals surface area (Å²) in [5.74, 6) is -2.66. The van der Waals surface area contributed by atoms with Gasteiger partial charge in [0.25, 0.3) is 0 Å². The number of aliphatic hydroxyl groups is 2. The second kappa shape index (κ2) is 13.9. The highest BCUT2D eigenvalue weighted by atomic mass is 19.4. The Morgan fingerprint density at radius 3 is 2.16 bits per heavy atom. The van der Waals surface area contributed by atoms with Crippen molar-refractivity contribution in [3.63, 3.8) is 0 Å². The third kappa shape index (κ3) is 7.88. The number of nitrogens with zero attached hydrogens (tertiary/aromatic N) is 4. The first-order valence-electron chi connectivity index (χ1n) is 17.3. The molecule has 2 aliphatic carbocycles. The average Bonchev–Trinajstić information content (AvgIpc) is 3.06. The van der Waals surface area contributed by atoms with Crippen molar-refractivity contribution in [1.29, 1.82) is 0 Å². The second-order valence-corrected chi connectivity index (χ2v) is 15.0. The summed E-state index contributed by atoms with van der Waals surface area (Å²) in [6, 6.07) is 3.96. The molecule has 1 aromatic carbocycles. The van der Waals surface area contributed by atoms with E-state index in [-0.39, 0.29) is 54.7 Å². The van der Waals surface area contributed by atoms with Gasteiger partial charge in [0, 0.05) is 48.7 Å². The molecule has 2 N–H and O–H groups in total. The summed E-state index contributed by atoms with van der Waals surface area (Å²) in [7, 11) is 0. The largest absolute Gasteiger partial charge is 0.488 e. The standard InChI is InChI=1S/C37H44F6N4O3/c1-21(48)20-50-26-18-44-34(45-19-26)47-14-10-24(11-15-47)33-31(32(38)23-4-6-25(7-5-23)37(41,42)43)29(22-8-12-36(39,40)13-9-22)30-27(46-33)16-35(2,3)17-28(30)49/h4-7,18-19,21-22,24,28,32,48-49H,8-17,20H2,1-3H3/t21-,28+,32?/m1/s1. The minimum absolute atomic E-state index is 0.0118. The summed E-state index contributed by atoms with van der Waals surface area (Å²) >= 11 is 0. The minimum atomic E-state index is -4.60. The molecular formula is C37H44F6N4O3. The van der Waals surface area contributed by atoms with Gasteiger partial charge in [-0.3, -0.25) is 4.98 Å². The third-order valence-electron chi connectivity index (χ3n) is 10.3. The Balaban J connectivity index is 1.40. The van der Waals surface area contributed by atoms with Crippen LogP contribution in [0.3, 0.4) is 0 Å². The number of hydrogen-bond donors (Lipinski definition) is 2. The normalized spacial score (nSPS) is 22.5. The fourth-order valence-corrected chi connectivity index (χ4v) is 7.83. The van der Waals surface area contributed by atoms with E-state index in [0.717, 1.165) is 24.3 Å². The topological polar surface area (TPSA) is 91.6 Å². The van der Waals surface area contributed by atoms with Gasteiger partial charge >= 0.3 is 6.18 Å². The van der Waals surface area contributed by atoms with Gasteiger partial charge in [-0.25, -0.2) is 23.1 Å². The average molecular weight is 707 g/mol. The first kappa shape index (κ1) is 36.3. The van der Waals surface area contributed by atoms with E-state index in [4.69, 9.17) is 9.72 Å². The highest BCUT2D eigenvalue weighted by Crippen LogP contribution is 2.52. The van der Waals surface area contributed by atoms with Gasteiger partial charge in [0.15, 0.2) is 11.9 Å². The van der Waals surface area contributed by atoms with E-state index in [2.05, 4.69) is 9.97 Å². The molecule has 50 heavy (non-hydrogen) atoms. The number of ether oxygens (including phenoxy) is 1. The van der Waals surface area contributed by atoms with Crippen molar-refractivity contribution in [2.45, 2.75) is 114 Å². The number of aromatic nitrogens is 3. The van der Waals surface area contributed by atoms with Crippen LogP contribution in [-0.2, 0) is 12.6 Å². The molecule has 2 aromatic heterocycles. The lowest BCUT2D eigenvalue weighted by Crippen LogP contribution is -2.36. The first-order valence-corrected chi connectivity index (χ1v) is 17.3. The summed E-state index contributed by atoms with van der Waals surface area (Å²) < 4.78 is 91.9. The zero-order valence-electron chi connectivity index (χ0n) is 28.5. The molecule has 0 amide bonds. The molecule has 2 fully saturated rings. The number of rotatable bonds is 8. The summed E-state index contributed by atoms with van der Waals surface area (Å²) in [5.41, 5.74) is 1.12. The van der Waals surface area contributed by atoms with E-state index in [1.807, 2.05) is 18.7 Å². The van der Waals surface area contributed by atoms with Crippen molar-refractivity contribution >= 4 is 5.95 Å². The summed E-state index contributed by atoms with van der Waals surface area (Å²) in [6.45, 7) is 6.77. The molecule has 3 atom stereocenters. The van der Waals surface area contributed by atoms with Crippen molar-refractivity contribution < 1.29 is 41.3 Å². The summed E-state index contributed by atoms with van der Waals surface area (Å²) in [6.07, 6.45) is -3.64. The molecule has 1 unspecified atom stereocenters. The van der Waals surface area contributed by atoms with E-state index < -0.39 is 42.0 Å². The number of fused-ring (bicyclic) bond motifs is 1. The number of halogens is 6. The zero-order valence-corrected chi connectivity index (χ0v) is 28.5. The Kier molecular flexibility index (Phi) is 10.1. The molecule has 1 saturated heterocycles. The smallest absolute Gasteiger partial charge is 0.416 e. The fraction of sp³-hybridized carbons (Fsp3) is 0.595. The van der Waals surface area contributed by atoms with E-state index in [0.29, 0.717) is 73.0 Å². The Labute approximate surface area is 288 Å². The number of aliphatic hydroxyl groups excluding tert-OH is 2. The van der Waals surface area contributed by atoms with Gasteiger partial charge in [-0.2, -0.15) is 13.2 Å². The SMILES string of the molecule is C[C@@H](O)COc1cnc(N2CCC(c3nc4c(c(C5CCC(F)(F)CC5)c3C(F)c3ccc(C(F)(F)F)cc3)[C@@H](O)CC(C)(C)C4)CC2)nc1. The quantitative estimate of drug-likeness (QED) is 0.228. The molecule has 272 valence electrons. The van der Waals surface area contributed by atoms with Gasteiger partial charge in [-0.05, 0) is 80.0 Å². The lowest BCUT2D eigenvalue weighted by molar-refractivity contribution is -0.137. The molecule has 0 spiro atoms. The van der Waals surface area contributed by atoms with Crippen LogP contribution < -0.4 is 9.64 Å². The number of anilines is 1. The van der Waals surface area contributed by atoms with Crippen molar-refractivity contribution in [1.82, 2.24) is 15.0 Å². The molecule has 13 heteroatoms. The van der Waals surface area contributed by atoms with Crippen LogP contribution in [0.4, 0.5) is 32.3 Å². The highest BCUT2D eigenvalue weighted by molar-refractivity contribution is 5.51. The Morgan fingerprint density at radius 2 is 1.58 bits per heavy atom. The minimum Gasteiger partial charge on any atom is -0.488 e. The van der Waals surface area contributed by atoms with E-state index >= 15 is 4.39 Å². The Bertz CT molecular complexity index is 1630. The Hall–Kier alpha value is -3.45. The van der Waals surface area contributed by atoms with Crippen molar-refractivity contribution in [2.75, 3.05) is 24.6 Å². The lowest BCUT2D eigenvalue weighted by Gasteiger charge is -2.41. The van der Waals surface area contributed by atoms with Crippen molar-refractivity contribution in [3.05, 3.63) is 75.9 Å². The Morgan fingerprint density at radius 1 is 0.960 bits per heavy atom. The summed E-state index contributed by atoms with van der Waals surface area (Å²) in [4.78, 5) is 15.9. The van der Waals surface area contributed by atoms with Gasteiger partial charge in [0.2, 0.25) is 11.9 Å². The third-order valence-corrected chi connectivity index (χ3v) is 10.3. The molecule has 0 radical (unpaired) electrons. The van der Waals surface area contributed by atoms with Crippen LogP contribution in [-0.4, -0.2) is 56.9 Å². The molecule has 1 saturated carbocycles. The van der Waals surface area contributed by atoms with Crippen LogP contribution in [0.5, 0.6) is 5.75 Å². The number of piperidine rings is 1.